The molecule has 0 saturated heterocycles. The van der Waals surface area contributed by atoms with Crippen molar-refractivity contribution in [2.45, 2.75) is 44.4 Å². The largest absolute Gasteiger partial charge is 0.489 e. The molecule has 0 aromatic heterocycles. The molecule has 1 aliphatic rings. The maximum atomic E-state index is 12.3. The average molecular weight is 368 g/mol. The normalized spacial score (nSPS) is 20.7. The lowest BCUT2D eigenvalue weighted by molar-refractivity contribution is -0.126. The number of benzene rings is 2. The third-order valence-corrected chi connectivity index (χ3v) is 5.05. The number of amides is 1. The van der Waals surface area contributed by atoms with Crippen LogP contribution in [0.25, 0.3) is 0 Å². The highest BCUT2D eigenvalue weighted by molar-refractivity contribution is 5.78. The van der Waals surface area contributed by atoms with Gasteiger partial charge in [0.2, 0.25) is 5.91 Å². The van der Waals surface area contributed by atoms with Crippen molar-refractivity contribution in [3.63, 3.8) is 0 Å². The van der Waals surface area contributed by atoms with Crippen molar-refractivity contribution in [1.82, 2.24) is 5.32 Å². The molecule has 0 spiro atoms. The van der Waals surface area contributed by atoms with Crippen LogP contribution in [0.1, 0.15) is 42.9 Å². The lowest BCUT2D eigenvalue weighted by Crippen LogP contribution is -2.39. The lowest BCUT2D eigenvalue weighted by atomic mass is 9.85. The molecule has 4 N–H and O–H groups in total. The summed E-state index contributed by atoms with van der Waals surface area (Å²) < 4.78 is 5.80. The molecule has 1 aliphatic carbocycles. The van der Waals surface area contributed by atoms with E-state index in [4.69, 9.17) is 10.5 Å². The molecule has 0 aliphatic heterocycles. The molecule has 3 rings (SSSR count). The number of hydrogen-bond donors (Lipinski definition) is 3. The first-order valence-corrected chi connectivity index (χ1v) is 9.60. The van der Waals surface area contributed by atoms with Gasteiger partial charge in [-0.2, -0.15) is 0 Å². The quantitative estimate of drug-likeness (QED) is 0.701. The molecule has 2 aromatic carbocycles. The number of nitrogens with one attached hydrogen (secondary N) is 1. The molecule has 144 valence electrons. The minimum atomic E-state index is -0.772. The lowest BCUT2D eigenvalue weighted by Gasteiger charge is -2.26. The van der Waals surface area contributed by atoms with Crippen molar-refractivity contribution >= 4 is 5.91 Å². The van der Waals surface area contributed by atoms with Gasteiger partial charge in [0.15, 0.2) is 0 Å². The fraction of sp³-hybridized carbons (Fsp3) is 0.409. The number of hydrogen-bond acceptors (Lipinski definition) is 4. The zero-order chi connectivity index (χ0) is 19.1. The summed E-state index contributed by atoms with van der Waals surface area (Å²) in [5.74, 6) is 0.641. The van der Waals surface area contributed by atoms with Crippen LogP contribution in [-0.4, -0.2) is 23.6 Å². The highest BCUT2D eigenvalue weighted by Crippen LogP contribution is 2.24. The van der Waals surface area contributed by atoms with Crippen LogP contribution in [0, 0.1) is 5.92 Å². The van der Waals surface area contributed by atoms with E-state index in [1.54, 1.807) is 0 Å². The van der Waals surface area contributed by atoms with Crippen molar-refractivity contribution in [2.24, 2.45) is 11.7 Å². The summed E-state index contributed by atoms with van der Waals surface area (Å²) in [5, 5.41) is 13.3. The van der Waals surface area contributed by atoms with Gasteiger partial charge in [-0.3, -0.25) is 4.79 Å². The summed E-state index contributed by atoms with van der Waals surface area (Å²) in [6.07, 6.45) is 2.81. The molecule has 1 fully saturated rings. The fourth-order valence-electron chi connectivity index (χ4n) is 3.48. The molecule has 3 unspecified atom stereocenters. The van der Waals surface area contributed by atoms with E-state index < -0.39 is 6.10 Å². The van der Waals surface area contributed by atoms with E-state index in [1.165, 1.54) is 0 Å². The Bertz CT molecular complexity index is 735. The zero-order valence-corrected chi connectivity index (χ0v) is 15.5. The topological polar surface area (TPSA) is 84.6 Å². The number of ether oxygens (including phenoxy) is 1. The van der Waals surface area contributed by atoms with Crippen molar-refractivity contribution in [3.05, 3.63) is 65.7 Å². The number of carbonyl (C=O) groups excluding carboxylic acids is 1. The maximum Gasteiger partial charge on any atom is 0.223 e. The van der Waals surface area contributed by atoms with Gasteiger partial charge < -0.3 is 20.9 Å². The summed E-state index contributed by atoms with van der Waals surface area (Å²) in [7, 11) is 0. The minimum absolute atomic E-state index is 0.0133. The van der Waals surface area contributed by atoms with Crippen molar-refractivity contribution in [1.29, 1.82) is 0 Å². The van der Waals surface area contributed by atoms with Crippen LogP contribution < -0.4 is 15.8 Å². The molecule has 1 saturated carbocycles. The Hall–Kier alpha value is -2.37. The van der Waals surface area contributed by atoms with Crippen LogP contribution >= 0.6 is 0 Å². The molecule has 2 aromatic rings. The summed E-state index contributed by atoms with van der Waals surface area (Å²) in [5.41, 5.74) is 7.76. The molecule has 1 amide bonds. The molecular weight excluding hydrogens is 340 g/mol. The third-order valence-electron chi connectivity index (χ3n) is 5.05. The van der Waals surface area contributed by atoms with Gasteiger partial charge in [0.25, 0.3) is 0 Å². The second-order valence-corrected chi connectivity index (χ2v) is 7.23. The predicted molar refractivity (Wildman–Crippen MR) is 105 cm³/mol. The van der Waals surface area contributed by atoms with E-state index in [-0.39, 0.29) is 24.4 Å². The summed E-state index contributed by atoms with van der Waals surface area (Å²) in [6.45, 7) is 0.659. The standard InChI is InChI=1S/C22H28N2O3/c23-19-10-4-9-18(12-19)22(26)24-14-21(25)17-8-5-11-20(13-17)27-15-16-6-2-1-3-7-16/h1-3,5-8,11,13,18-19,21,25H,4,9-10,12,14-15,23H2,(H,24,26). The Morgan fingerprint density at radius 3 is 2.78 bits per heavy atom. The Labute approximate surface area is 160 Å². The smallest absolute Gasteiger partial charge is 0.223 e. The summed E-state index contributed by atoms with van der Waals surface area (Å²) in [6, 6.07) is 17.4. The molecule has 5 heteroatoms. The highest BCUT2D eigenvalue weighted by atomic mass is 16.5. The highest BCUT2D eigenvalue weighted by Gasteiger charge is 2.25. The van der Waals surface area contributed by atoms with Gasteiger partial charge in [-0.25, -0.2) is 0 Å². The average Bonchev–Trinajstić information content (AvgIpc) is 2.71. The number of rotatable bonds is 7. The molecule has 5 nitrogen and oxygen atoms in total. The van der Waals surface area contributed by atoms with Crippen LogP contribution in [0.15, 0.2) is 54.6 Å². The number of nitrogens with two attached hydrogens (primary N) is 1. The fourth-order valence-corrected chi connectivity index (χ4v) is 3.48. The Balaban J connectivity index is 1.50. The Morgan fingerprint density at radius 2 is 2.00 bits per heavy atom. The van der Waals surface area contributed by atoms with Gasteiger partial charge in [0.05, 0.1) is 6.10 Å². The van der Waals surface area contributed by atoms with Gasteiger partial charge in [0, 0.05) is 18.5 Å². The van der Waals surface area contributed by atoms with Crippen molar-refractivity contribution < 1.29 is 14.6 Å². The monoisotopic (exact) mass is 368 g/mol. The van der Waals surface area contributed by atoms with E-state index in [9.17, 15) is 9.90 Å². The molecule has 0 radical (unpaired) electrons. The SMILES string of the molecule is NC1CCCC(C(=O)NCC(O)c2cccc(OCc3ccccc3)c2)C1. The van der Waals surface area contributed by atoms with Gasteiger partial charge in [-0.15, -0.1) is 0 Å². The first-order valence-electron chi connectivity index (χ1n) is 9.60. The Kier molecular flexibility index (Phi) is 6.85. The van der Waals surface area contributed by atoms with E-state index in [0.717, 1.165) is 36.8 Å². The van der Waals surface area contributed by atoms with Crippen LogP contribution in [0.4, 0.5) is 0 Å². The van der Waals surface area contributed by atoms with Gasteiger partial charge in [-0.05, 0) is 42.5 Å². The van der Waals surface area contributed by atoms with Gasteiger partial charge >= 0.3 is 0 Å². The second kappa shape index (κ2) is 9.53. The zero-order valence-electron chi connectivity index (χ0n) is 15.5. The molecule has 0 bridgehead atoms. The van der Waals surface area contributed by atoms with Crippen LogP contribution in [0.5, 0.6) is 5.75 Å². The number of aliphatic hydroxyl groups is 1. The van der Waals surface area contributed by atoms with E-state index >= 15 is 0 Å². The molecule has 0 heterocycles. The Morgan fingerprint density at radius 1 is 1.19 bits per heavy atom. The van der Waals surface area contributed by atoms with Crippen molar-refractivity contribution in [2.75, 3.05) is 6.54 Å². The second-order valence-electron chi connectivity index (χ2n) is 7.23. The first kappa shape index (κ1) is 19.4. The van der Waals surface area contributed by atoms with Gasteiger partial charge in [-0.1, -0.05) is 48.9 Å². The minimum Gasteiger partial charge on any atom is -0.489 e. The van der Waals surface area contributed by atoms with Gasteiger partial charge in [0.1, 0.15) is 12.4 Å². The van der Waals surface area contributed by atoms with Crippen molar-refractivity contribution in [3.8, 4) is 5.75 Å². The van der Waals surface area contributed by atoms with E-state index in [2.05, 4.69) is 5.32 Å². The van der Waals surface area contributed by atoms with Crippen LogP contribution in [0.2, 0.25) is 0 Å². The molecular formula is C22H28N2O3. The van der Waals surface area contributed by atoms with E-state index in [0.29, 0.717) is 12.4 Å². The maximum absolute atomic E-state index is 12.3. The number of carbonyl (C=O) groups is 1. The first-order chi connectivity index (χ1) is 13.1. The molecule has 27 heavy (non-hydrogen) atoms. The van der Waals surface area contributed by atoms with Crippen LogP contribution in [0.3, 0.4) is 0 Å². The summed E-state index contributed by atoms with van der Waals surface area (Å²) >= 11 is 0. The van der Waals surface area contributed by atoms with E-state index in [1.807, 2.05) is 54.6 Å². The molecule has 3 atom stereocenters. The predicted octanol–water partition coefficient (Wildman–Crippen LogP) is 2.93. The third kappa shape index (κ3) is 5.81. The summed E-state index contributed by atoms with van der Waals surface area (Å²) in [4.78, 5) is 12.3. The van der Waals surface area contributed by atoms with Crippen LogP contribution in [-0.2, 0) is 11.4 Å². The number of aliphatic hydroxyl groups excluding tert-OH is 1.